The number of likely N-dealkylation sites (N-methyl/N-ethyl adjacent to an activating group) is 1. The van der Waals surface area contributed by atoms with E-state index >= 15 is 0 Å². The molecule has 10 nitrogen and oxygen atoms in total. The maximum absolute atomic E-state index is 13.8. The summed E-state index contributed by atoms with van der Waals surface area (Å²) < 4.78 is 17.6. The summed E-state index contributed by atoms with van der Waals surface area (Å²) in [5.74, 6) is 2.37. The van der Waals surface area contributed by atoms with E-state index in [1.807, 2.05) is 56.4 Å². The van der Waals surface area contributed by atoms with Gasteiger partial charge in [0.25, 0.3) is 5.91 Å². The number of methoxy groups -OCH3 is 1. The molecule has 3 N–H and O–H groups in total. The van der Waals surface area contributed by atoms with Gasteiger partial charge in [0.15, 0.2) is 0 Å². The second-order valence-electron chi connectivity index (χ2n) is 11.9. The number of anilines is 2. The van der Waals surface area contributed by atoms with Crippen LogP contribution in [-0.2, 0) is 6.54 Å². The molecule has 0 radical (unpaired) electrons. The van der Waals surface area contributed by atoms with Crippen molar-refractivity contribution in [2.45, 2.75) is 32.5 Å². The standard InChI is InChI=1S/C37H42N4O6/c1-25-21-41(26(2)24-42)36(43)33-20-29(39-37(44)38-28-12-17-30(45-4)18-13-28)14-19-34(33)47-35(25)23-40(3)22-27-10-15-32(16-11-27)46-31-8-6-5-7-9-31/h5-20,25-26,35,42H,21-24H2,1-4H3,(H2,38,39,44)/t25-,26+,35+/m0/s1. The normalized spacial score (nSPS) is 16.7. The van der Waals surface area contributed by atoms with Gasteiger partial charge in [-0.1, -0.05) is 37.3 Å². The summed E-state index contributed by atoms with van der Waals surface area (Å²) in [7, 11) is 3.62. The van der Waals surface area contributed by atoms with Crippen LogP contribution in [-0.4, -0.2) is 72.8 Å². The number of rotatable bonds is 11. The van der Waals surface area contributed by atoms with Crippen molar-refractivity contribution in [1.29, 1.82) is 0 Å². The number of ether oxygens (including phenoxy) is 3. The number of carbonyl (C=O) groups excluding carboxylic acids is 2. The zero-order valence-electron chi connectivity index (χ0n) is 27.2. The van der Waals surface area contributed by atoms with Crippen LogP contribution in [0.15, 0.2) is 97.1 Å². The molecule has 1 heterocycles. The second-order valence-corrected chi connectivity index (χ2v) is 11.9. The lowest BCUT2D eigenvalue weighted by atomic mass is 9.99. The van der Waals surface area contributed by atoms with Gasteiger partial charge in [0.1, 0.15) is 29.1 Å². The Hall–Kier alpha value is -5.06. The van der Waals surface area contributed by atoms with Crippen LogP contribution < -0.4 is 24.8 Å². The molecule has 4 aromatic rings. The SMILES string of the molecule is COc1ccc(NC(=O)Nc2ccc3c(c2)C(=O)N([C@H](C)CO)C[C@H](C)[C@@H](CN(C)Cc2ccc(Oc4ccccc4)cc2)O3)cc1. The number of carbonyl (C=O) groups is 2. The first-order chi connectivity index (χ1) is 22.7. The third-order valence-corrected chi connectivity index (χ3v) is 8.12. The summed E-state index contributed by atoms with van der Waals surface area (Å²) in [6.07, 6.45) is -0.252. The molecular weight excluding hydrogens is 596 g/mol. The van der Waals surface area contributed by atoms with Crippen LogP contribution in [0.2, 0.25) is 0 Å². The minimum Gasteiger partial charge on any atom is -0.497 e. The topological polar surface area (TPSA) is 113 Å². The summed E-state index contributed by atoms with van der Waals surface area (Å²) in [6.45, 7) is 5.40. The highest BCUT2D eigenvalue weighted by Gasteiger charge is 2.33. The van der Waals surface area contributed by atoms with Crippen LogP contribution in [0.25, 0.3) is 0 Å². The Kier molecular flexibility index (Phi) is 11.0. The minimum atomic E-state index is -0.456. The Labute approximate surface area is 275 Å². The van der Waals surface area contributed by atoms with Crippen molar-refractivity contribution in [3.8, 4) is 23.0 Å². The lowest BCUT2D eigenvalue weighted by Gasteiger charge is -2.38. The first kappa shape index (κ1) is 33.3. The molecule has 1 aliphatic heterocycles. The smallest absolute Gasteiger partial charge is 0.323 e. The van der Waals surface area contributed by atoms with Crippen LogP contribution >= 0.6 is 0 Å². The Balaban J connectivity index is 1.29. The fraction of sp³-hybridized carbons (Fsp3) is 0.297. The highest BCUT2D eigenvalue weighted by Crippen LogP contribution is 2.31. The van der Waals surface area contributed by atoms with Crippen LogP contribution in [0, 0.1) is 5.92 Å². The van der Waals surface area contributed by atoms with E-state index in [0.29, 0.717) is 48.1 Å². The van der Waals surface area contributed by atoms with Crippen molar-refractivity contribution in [3.63, 3.8) is 0 Å². The molecule has 246 valence electrons. The van der Waals surface area contributed by atoms with E-state index in [-0.39, 0.29) is 24.5 Å². The van der Waals surface area contributed by atoms with Gasteiger partial charge in [0.2, 0.25) is 0 Å². The average Bonchev–Trinajstić information content (AvgIpc) is 3.08. The second kappa shape index (κ2) is 15.5. The third-order valence-electron chi connectivity index (χ3n) is 8.12. The summed E-state index contributed by atoms with van der Waals surface area (Å²) >= 11 is 0. The van der Waals surface area contributed by atoms with Gasteiger partial charge in [-0.05, 0) is 86.3 Å². The van der Waals surface area contributed by atoms with Crippen LogP contribution in [0.1, 0.15) is 29.8 Å². The zero-order valence-corrected chi connectivity index (χ0v) is 27.2. The van der Waals surface area contributed by atoms with Crippen LogP contribution in [0.4, 0.5) is 16.2 Å². The van der Waals surface area contributed by atoms with Crippen molar-refractivity contribution in [3.05, 3.63) is 108 Å². The maximum atomic E-state index is 13.8. The molecule has 4 aromatic carbocycles. The Morgan fingerprint density at radius 3 is 2.28 bits per heavy atom. The summed E-state index contributed by atoms with van der Waals surface area (Å²) in [5, 5.41) is 15.6. The molecule has 0 aliphatic carbocycles. The minimum absolute atomic E-state index is 0.0294. The van der Waals surface area contributed by atoms with Crippen LogP contribution in [0.5, 0.6) is 23.0 Å². The highest BCUT2D eigenvalue weighted by atomic mass is 16.5. The van der Waals surface area contributed by atoms with E-state index in [1.165, 1.54) is 0 Å². The monoisotopic (exact) mass is 638 g/mol. The summed E-state index contributed by atoms with van der Waals surface area (Å²) in [5.41, 5.74) is 2.47. The van der Waals surface area contributed by atoms with E-state index in [0.717, 1.165) is 17.1 Å². The molecule has 0 unspecified atom stereocenters. The largest absolute Gasteiger partial charge is 0.497 e. The number of hydrogen-bond acceptors (Lipinski definition) is 7. The Bertz CT molecular complexity index is 1630. The lowest BCUT2D eigenvalue weighted by Crippen LogP contribution is -2.49. The Morgan fingerprint density at radius 1 is 0.957 bits per heavy atom. The molecule has 3 amide bonds. The molecule has 1 aliphatic rings. The number of urea groups is 1. The number of fused-ring (bicyclic) bond motifs is 1. The fourth-order valence-corrected chi connectivity index (χ4v) is 5.46. The molecule has 0 saturated carbocycles. The number of amides is 3. The van der Waals surface area contributed by atoms with Gasteiger partial charge in [-0.2, -0.15) is 0 Å². The van der Waals surface area contributed by atoms with Crippen molar-refractivity contribution in [1.82, 2.24) is 9.80 Å². The number of benzene rings is 4. The molecule has 0 spiro atoms. The molecule has 5 rings (SSSR count). The van der Waals surface area contributed by atoms with E-state index in [9.17, 15) is 14.7 Å². The fourth-order valence-electron chi connectivity index (χ4n) is 5.46. The number of aliphatic hydroxyl groups excluding tert-OH is 1. The molecule has 0 fully saturated rings. The quantitative estimate of drug-likeness (QED) is 0.172. The molecule has 10 heteroatoms. The number of para-hydroxylation sites is 1. The average molecular weight is 639 g/mol. The molecular formula is C37H42N4O6. The first-order valence-electron chi connectivity index (χ1n) is 15.7. The van der Waals surface area contributed by atoms with Gasteiger partial charge in [-0.3, -0.25) is 9.69 Å². The molecule has 0 aromatic heterocycles. The first-order valence-corrected chi connectivity index (χ1v) is 15.7. The van der Waals surface area contributed by atoms with E-state index in [2.05, 4.69) is 34.6 Å². The summed E-state index contributed by atoms with van der Waals surface area (Å²) in [4.78, 5) is 30.5. The highest BCUT2D eigenvalue weighted by molar-refractivity contribution is 6.02. The molecule has 0 saturated heterocycles. The van der Waals surface area contributed by atoms with E-state index < -0.39 is 12.1 Å². The Morgan fingerprint density at radius 2 is 1.60 bits per heavy atom. The van der Waals surface area contributed by atoms with Gasteiger partial charge < -0.3 is 34.9 Å². The molecule has 3 atom stereocenters. The van der Waals surface area contributed by atoms with E-state index in [1.54, 1.807) is 54.5 Å². The predicted molar refractivity (Wildman–Crippen MR) is 183 cm³/mol. The summed E-state index contributed by atoms with van der Waals surface area (Å²) in [6, 6.07) is 28.9. The maximum Gasteiger partial charge on any atom is 0.323 e. The van der Waals surface area contributed by atoms with Gasteiger partial charge in [-0.25, -0.2) is 4.79 Å². The van der Waals surface area contributed by atoms with Crippen LogP contribution in [0.3, 0.4) is 0 Å². The van der Waals surface area contributed by atoms with Crippen molar-refractivity contribution >= 4 is 23.3 Å². The van der Waals surface area contributed by atoms with Crippen molar-refractivity contribution in [2.24, 2.45) is 5.92 Å². The van der Waals surface area contributed by atoms with Gasteiger partial charge in [0.05, 0.1) is 25.3 Å². The van der Waals surface area contributed by atoms with Gasteiger partial charge in [0, 0.05) is 36.9 Å². The zero-order chi connectivity index (χ0) is 33.3. The van der Waals surface area contributed by atoms with Gasteiger partial charge >= 0.3 is 6.03 Å². The molecule has 0 bridgehead atoms. The van der Waals surface area contributed by atoms with E-state index in [4.69, 9.17) is 14.2 Å². The lowest BCUT2D eigenvalue weighted by molar-refractivity contribution is 0.0341. The van der Waals surface area contributed by atoms with Gasteiger partial charge in [-0.15, -0.1) is 0 Å². The number of aliphatic hydroxyl groups is 1. The number of nitrogens with one attached hydrogen (secondary N) is 2. The number of hydrogen-bond donors (Lipinski definition) is 3. The molecule has 47 heavy (non-hydrogen) atoms. The third kappa shape index (κ3) is 8.81. The number of nitrogens with zero attached hydrogens (tertiary/aromatic N) is 2. The predicted octanol–water partition coefficient (Wildman–Crippen LogP) is 6.48. The van der Waals surface area contributed by atoms with Crippen molar-refractivity contribution < 1.29 is 28.9 Å². The van der Waals surface area contributed by atoms with Crippen molar-refractivity contribution in [2.75, 3.05) is 44.5 Å².